The molecule has 4 heteroatoms. The number of aliphatic imine (C=N–C) groups is 1. The number of rotatable bonds is 5. The van der Waals surface area contributed by atoms with Gasteiger partial charge in [-0.1, -0.05) is 30.3 Å². The van der Waals surface area contributed by atoms with Gasteiger partial charge < -0.3 is 9.72 Å². The number of methoxy groups -OCH3 is 1. The third kappa shape index (κ3) is 3.86. The van der Waals surface area contributed by atoms with Crippen LogP contribution in [0, 0.1) is 6.92 Å². The molecule has 0 bridgehead atoms. The fraction of sp³-hybridized carbons (Fsp3) is 0.333. The van der Waals surface area contributed by atoms with Gasteiger partial charge in [-0.15, -0.1) is 0 Å². The van der Waals surface area contributed by atoms with Gasteiger partial charge in [-0.3, -0.25) is 9.79 Å². The van der Waals surface area contributed by atoms with Gasteiger partial charge in [0.1, 0.15) is 11.5 Å². The van der Waals surface area contributed by atoms with E-state index in [1.807, 2.05) is 12.1 Å². The van der Waals surface area contributed by atoms with Gasteiger partial charge in [-0.05, 0) is 55.0 Å². The van der Waals surface area contributed by atoms with Gasteiger partial charge in [0.15, 0.2) is 0 Å². The highest BCUT2D eigenvalue weighted by molar-refractivity contribution is 6.05. The Balaban J connectivity index is 1.46. The van der Waals surface area contributed by atoms with Gasteiger partial charge in [0.25, 0.3) is 0 Å². The van der Waals surface area contributed by atoms with Gasteiger partial charge in [0.05, 0.1) is 7.11 Å². The summed E-state index contributed by atoms with van der Waals surface area (Å²) in [4.78, 5) is 20.6. The third-order valence-corrected chi connectivity index (χ3v) is 5.67. The number of nitrogens with one attached hydrogen (secondary N) is 1. The Bertz CT molecular complexity index is 1010. The molecule has 4 nitrogen and oxygen atoms in total. The number of nitrogens with zero attached hydrogens (tertiary/aromatic N) is 1. The lowest BCUT2D eigenvalue weighted by atomic mass is 9.82. The SMILES string of the molecule is COc1ccc([C@@H]2CC(=O)CC(=NCCc3c(C)[nH]c4ccccc34)C2)cc1. The number of aryl methyl sites for hydroxylation is 1. The van der Waals surface area contributed by atoms with Crippen molar-refractivity contribution in [3.8, 4) is 5.75 Å². The first-order valence-corrected chi connectivity index (χ1v) is 9.88. The van der Waals surface area contributed by atoms with E-state index in [0.717, 1.165) is 30.8 Å². The van der Waals surface area contributed by atoms with Gasteiger partial charge in [-0.2, -0.15) is 0 Å². The smallest absolute Gasteiger partial charge is 0.139 e. The van der Waals surface area contributed by atoms with E-state index < -0.39 is 0 Å². The standard InChI is InChI=1S/C24H26N2O2/c1-16-22(23-5-3-4-6-24(23)26-16)11-12-25-19-13-18(14-20(27)15-19)17-7-9-21(28-2)10-8-17/h3-10,18,26H,11-15H2,1-2H3/t18-/m0/s1. The summed E-state index contributed by atoms with van der Waals surface area (Å²) in [6.45, 7) is 2.84. The molecule has 1 atom stereocenters. The molecule has 1 heterocycles. The molecule has 0 radical (unpaired) electrons. The van der Waals surface area contributed by atoms with Crippen LogP contribution in [0.1, 0.15) is 42.0 Å². The van der Waals surface area contributed by atoms with Crippen molar-refractivity contribution >= 4 is 22.4 Å². The summed E-state index contributed by atoms with van der Waals surface area (Å²) in [5.74, 6) is 1.35. The van der Waals surface area contributed by atoms with Crippen LogP contribution in [0.5, 0.6) is 5.75 Å². The predicted molar refractivity (Wildman–Crippen MR) is 114 cm³/mol. The van der Waals surface area contributed by atoms with Crippen LogP contribution in [0.25, 0.3) is 10.9 Å². The molecule has 28 heavy (non-hydrogen) atoms. The molecule has 0 saturated heterocycles. The number of hydrogen-bond donors (Lipinski definition) is 1. The van der Waals surface area contributed by atoms with Crippen LogP contribution in [0.2, 0.25) is 0 Å². The fourth-order valence-corrected chi connectivity index (χ4v) is 4.22. The Labute approximate surface area is 165 Å². The molecule has 2 aromatic carbocycles. The van der Waals surface area contributed by atoms with E-state index in [0.29, 0.717) is 12.8 Å². The van der Waals surface area contributed by atoms with Crippen molar-refractivity contribution in [2.45, 2.75) is 38.5 Å². The molecule has 0 amide bonds. The molecule has 4 rings (SSSR count). The van der Waals surface area contributed by atoms with Crippen molar-refractivity contribution in [3.63, 3.8) is 0 Å². The monoisotopic (exact) mass is 374 g/mol. The van der Waals surface area contributed by atoms with E-state index >= 15 is 0 Å². The maximum absolute atomic E-state index is 12.3. The maximum Gasteiger partial charge on any atom is 0.139 e. The Kier molecular flexibility index (Phi) is 5.29. The number of carbonyl (C=O) groups excluding carboxylic acids is 1. The van der Waals surface area contributed by atoms with Gasteiger partial charge in [0, 0.05) is 41.7 Å². The summed E-state index contributed by atoms with van der Waals surface area (Å²) < 4.78 is 5.23. The number of Topliss-reactive ketones (excluding diaryl/α,β-unsaturated/α-hetero) is 1. The van der Waals surface area contributed by atoms with Crippen LogP contribution in [0.4, 0.5) is 0 Å². The van der Waals surface area contributed by atoms with E-state index in [1.165, 1.54) is 27.7 Å². The molecular formula is C24H26N2O2. The van der Waals surface area contributed by atoms with Crippen molar-refractivity contribution < 1.29 is 9.53 Å². The first-order valence-electron chi connectivity index (χ1n) is 9.88. The lowest BCUT2D eigenvalue weighted by Gasteiger charge is -2.23. The van der Waals surface area contributed by atoms with Crippen LogP contribution in [-0.4, -0.2) is 30.1 Å². The maximum atomic E-state index is 12.3. The summed E-state index contributed by atoms with van der Waals surface area (Å²) in [7, 11) is 1.67. The van der Waals surface area contributed by atoms with E-state index in [2.05, 4.69) is 48.3 Å². The second-order valence-corrected chi connectivity index (χ2v) is 7.57. The van der Waals surface area contributed by atoms with E-state index in [-0.39, 0.29) is 11.7 Å². The molecule has 0 aliphatic heterocycles. The minimum Gasteiger partial charge on any atom is -0.497 e. The van der Waals surface area contributed by atoms with Crippen LogP contribution in [0.15, 0.2) is 53.5 Å². The first-order chi connectivity index (χ1) is 13.6. The number of hydrogen-bond acceptors (Lipinski definition) is 3. The molecule has 3 aromatic rings. The second kappa shape index (κ2) is 8.01. The fourth-order valence-electron chi connectivity index (χ4n) is 4.22. The molecule has 1 aliphatic carbocycles. The van der Waals surface area contributed by atoms with E-state index in [9.17, 15) is 4.79 Å². The number of fused-ring (bicyclic) bond motifs is 1. The molecule has 1 fully saturated rings. The lowest BCUT2D eigenvalue weighted by molar-refractivity contribution is -0.118. The van der Waals surface area contributed by atoms with Gasteiger partial charge in [-0.25, -0.2) is 0 Å². The number of ether oxygens (including phenoxy) is 1. The van der Waals surface area contributed by atoms with Crippen LogP contribution < -0.4 is 4.74 Å². The number of para-hydroxylation sites is 1. The highest BCUT2D eigenvalue weighted by Crippen LogP contribution is 2.31. The topological polar surface area (TPSA) is 54.4 Å². The molecule has 0 unspecified atom stereocenters. The summed E-state index contributed by atoms with van der Waals surface area (Å²) in [5, 5.41) is 1.27. The summed E-state index contributed by atoms with van der Waals surface area (Å²) in [5.41, 5.74) is 5.93. The Morgan fingerprint density at radius 3 is 2.68 bits per heavy atom. The van der Waals surface area contributed by atoms with Crippen LogP contribution in [-0.2, 0) is 11.2 Å². The summed E-state index contributed by atoms with van der Waals surface area (Å²) in [6, 6.07) is 16.4. The lowest BCUT2D eigenvalue weighted by Crippen LogP contribution is -2.22. The Morgan fingerprint density at radius 2 is 1.89 bits per heavy atom. The molecule has 1 aromatic heterocycles. The van der Waals surface area contributed by atoms with Crippen molar-refractivity contribution in [2.24, 2.45) is 4.99 Å². The normalized spacial score (nSPS) is 18.7. The number of aromatic amines is 1. The summed E-state index contributed by atoms with van der Waals surface area (Å²) >= 11 is 0. The predicted octanol–water partition coefficient (Wildman–Crippen LogP) is 5.01. The number of aromatic nitrogens is 1. The zero-order chi connectivity index (χ0) is 19.5. The zero-order valence-corrected chi connectivity index (χ0v) is 16.5. The van der Waals surface area contributed by atoms with Crippen LogP contribution >= 0.6 is 0 Å². The Morgan fingerprint density at radius 1 is 1.11 bits per heavy atom. The highest BCUT2D eigenvalue weighted by Gasteiger charge is 2.25. The molecular weight excluding hydrogens is 348 g/mol. The van der Waals surface area contributed by atoms with Crippen molar-refractivity contribution in [1.82, 2.24) is 4.98 Å². The second-order valence-electron chi connectivity index (χ2n) is 7.57. The first kappa shape index (κ1) is 18.5. The number of H-pyrrole nitrogens is 1. The Hall–Kier alpha value is -2.88. The molecule has 1 N–H and O–H groups in total. The average Bonchev–Trinajstić information content (AvgIpc) is 3.03. The van der Waals surface area contributed by atoms with Gasteiger partial charge >= 0.3 is 0 Å². The molecule has 1 saturated carbocycles. The largest absolute Gasteiger partial charge is 0.497 e. The zero-order valence-electron chi connectivity index (χ0n) is 16.5. The van der Waals surface area contributed by atoms with Crippen LogP contribution in [0.3, 0.4) is 0 Å². The molecule has 0 spiro atoms. The van der Waals surface area contributed by atoms with Gasteiger partial charge in [0.2, 0.25) is 0 Å². The highest BCUT2D eigenvalue weighted by atomic mass is 16.5. The number of benzene rings is 2. The molecule has 144 valence electrons. The van der Waals surface area contributed by atoms with Crippen molar-refractivity contribution in [3.05, 3.63) is 65.4 Å². The van der Waals surface area contributed by atoms with Crippen molar-refractivity contribution in [2.75, 3.05) is 13.7 Å². The quantitative estimate of drug-likeness (QED) is 0.683. The molecule has 1 aliphatic rings. The third-order valence-electron chi connectivity index (χ3n) is 5.67. The minimum absolute atomic E-state index is 0.223. The minimum atomic E-state index is 0.223. The van der Waals surface area contributed by atoms with E-state index in [1.54, 1.807) is 7.11 Å². The van der Waals surface area contributed by atoms with Crippen molar-refractivity contribution in [1.29, 1.82) is 0 Å². The number of ketones is 1. The average molecular weight is 374 g/mol. The summed E-state index contributed by atoms with van der Waals surface area (Å²) in [6.07, 6.45) is 2.86. The number of carbonyl (C=O) groups is 1. The van der Waals surface area contributed by atoms with E-state index in [4.69, 9.17) is 9.73 Å².